The summed E-state index contributed by atoms with van der Waals surface area (Å²) in [6.07, 6.45) is 2.83. The Balaban J connectivity index is 1.65. The fourth-order valence-electron chi connectivity index (χ4n) is 2.71. The monoisotopic (exact) mass is 275 g/mol. The first-order valence-electron chi connectivity index (χ1n) is 6.93. The average molecular weight is 276 g/mol. The summed E-state index contributed by atoms with van der Waals surface area (Å²) in [4.78, 5) is 4.86. The largest absolute Gasteiger partial charge is 0.368 e. The first-order valence-corrected chi connectivity index (χ1v) is 7.31. The van der Waals surface area contributed by atoms with Crippen LogP contribution in [0.15, 0.2) is 18.2 Å². The molecule has 0 atom stereocenters. The van der Waals surface area contributed by atoms with Gasteiger partial charge in [-0.3, -0.25) is 4.90 Å². The van der Waals surface area contributed by atoms with Gasteiger partial charge in [-0.2, -0.15) is 5.26 Å². The summed E-state index contributed by atoms with van der Waals surface area (Å²) < 4.78 is 0. The second-order valence-electron chi connectivity index (χ2n) is 5.50. The van der Waals surface area contributed by atoms with Gasteiger partial charge in [0.05, 0.1) is 11.3 Å². The molecule has 19 heavy (non-hydrogen) atoms. The molecule has 0 aromatic heterocycles. The molecule has 1 aromatic rings. The minimum absolute atomic E-state index is 0.632. The summed E-state index contributed by atoms with van der Waals surface area (Å²) in [6, 6.07) is 7.84. The van der Waals surface area contributed by atoms with Crippen molar-refractivity contribution in [2.24, 2.45) is 5.92 Å². The number of nitrogens with zero attached hydrogens (tertiary/aromatic N) is 3. The molecule has 1 aromatic carbocycles. The third kappa shape index (κ3) is 3.02. The van der Waals surface area contributed by atoms with Crippen molar-refractivity contribution in [3.05, 3.63) is 28.8 Å². The van der Waals surface area contributed by atoms with E-state index in [1.165, 1.54) is 19.4 Å². The van der Waals surface area contributed by atoms with E-state index in [-0.39, 0.29) is 0 Å². The van der Waals surface area contributed by atoms with Crippen LogP contribution in [0.2, 0.25) is 5.02 Å². The van der Waals surface area contributed by atoms with Crippen molar-refractivity contribution < 1.29 is 0 Å². The van der Waals surface area contributed by atoms with E-state index in [4.69, 9.17) is 11.6 Å². The number of rotatable bonds is 3. The number of benzene rings is 1. The van der Waals surface area contributed by atoms with E-state index in [1.807, 2.05) is 12.1 Å². The lowest BCUT2D eigenvalue weighted by Crippen LogP contribution is -2.47. The van der Waals surface area contributed by atoms with Gasteiger partial charge >= 0.3 is 0 Å². The molecule has 1 saturated heterocycles. The third-order valence-corrected chi connectivity index (χ3v) is 4.24. The van der Waals surface area contributed by atoms with Crippen LogP contribution < -0.4 is 4.90 Å². The van der Waals surface area contributed by atoms with E-state index >= 15 is 0 Å². The van der Waals surface area contributed by atoms with E-state index in [2.05, 4.69) is 15.9 Å². The van der Waals surface area contributed by atoms with Crippen molar-refractivity contribution in [2.75, 3.05) is 37.6 Å². The minimum Gasteiger partial charge on any atom is -0.368 e. The molecule has 100 valence electrons. The Labute approximate surface area is 119 Å². The van der Waals surface area contributed by atoms with Gasteiger partial charge in [-0.1, -0.05) is 11.6 Å². The van der Waals surface area contributed by atoms with E-state index in [0.717, 1.165) is 37.8 Å². The van der Waals surface area contributed by atoms with Crippen molar-refractivity contribution in [1.82, 2.24) is 4.90 Å². The molecular formula is C15H18ClN3. The molecule has 2 fully saturated rings. The lowest BCUT2D eigenvalue weighted by atomic mass is 10.1. The zero-order valence-electron chi connectivity index (χ0n) is 11.0. The molecule has 0 amide bonds. The van der Waals surface area contributed by atoms with E-state index in [9.17, 15) is 5.26 Å². The zero-order valence-corrected chi connectivity index (χ0v) is 11.7. The third-order valence-electron chi connectivity index (χ3n) is 4.01. The first kappa shape index (κ1) is 12.8. The SMILES string of the molecule is N#Cc1cc(Cl)ccc1N1CCN(CC2CC2)CC1. The molecule has 1 aliphatic heterocycles. The molecule has 1 aliphatic carbocycles. The highest BCUT2D eigenvalue weighted by Crippen LogP contribution is 2.30. The summed E-state index contributed by atoms with van der Waals surface area (Å²) in [5, 5.41) is 9.84. The Morgan fingerprint density at radius 2 is 1.95 bits per heavy atom. The van der Waals surface area contributed by atoms with E-state index in [1.54, 1.807) is 6.07 Å². The van der Waals surface area contributed by atoms with Crippen LogP contribution in [0.25, 0.3) is 0 Å². The average Bonchev–Trinajstić information content (AvgIpc) is 3.24. The van der Waals surface area contributed by atoms with Crippen molar-refractivity contribution in [3.63, 3.8) is 0 Å². The molecule has 0 N–H and O–H groups in total. The molecule has 3 rings (SSSR count). The highest BCUT2D eigenvalue weighted by molar-refractivity contribution is 6.30. The topological polar surface area (TPSA) is 30.3 Å². The number of halogens is 1. The van der Waals surface area contributed by atoms with E-state index in [0.29, 0.717) is 10.6 Å². The Hall–Kier alpha value is -1.24. The Morgan fingerprint density at radius 1 is 1.21 bits per heavy atom. The molecular weight excluding hydrogens is 258 g/mol. The van der Waals surface area contributed by atoms with E-state index < -0.39 is 0 Å². The summed E-state index contributed by atoms with van der Waals surface area (Å²) in [7, 11) is 0. The maximum atomic E-state index is 9.21. The second-order valence-corrected chi connectivity index (χ2v) is 5.94. The molecule has 0 radical (unpaired) electrons. The Kier molecular flexibility index (Phi) is 3.63. The van der Waals surface area contributed by atoms with Crippen molar-refractivity contribution >= 4 is 17.3 Å². The normalized spacial score (nSPS) is 20.3. The maximum Gasteiger partial charge on any atom is 0.101 e. The predicted molar refractivity (Wildman–Crippen MR) is 77.5 cm³/mol. The Bertz CT molecular complexity index is 497. The van der Waals surface area contributed by atoms with Crippen LogP contribution in [-0.4, -0.2) is 37.6 Å². The first-order chi connectivity index (χ1) is 9.26. The molecule has 4 heteroatoms. The fourth-order valence-corrected chi connectivity index (χ4v) is 2.88. The summed E-state index contributed by atoms with van der Waals surface area (Å²) in [5.41, 5.74) is 1.71. The van der Waals surface area contributed by atoms with Crippen molar-refractivity contribution in [2.45, 2.75) is 12.8 Å². The Morgan fingerprint density at radius 3 is 2.58 bits per heavy atom. The highest BCUT2D eigenvalue weighted by atomic mass is 35.5. The van der Waals surface area contributed by atoms with Crippen LogP contribution in [0.3, 0.4) is 0 Å². The van der Waals surface area contributed by atoms with Gasteiger partial charge in [-0.05, 0) is 37.0 Å². The van der Waals surface area contributed by atoms with Gasteiger partial charge in [0.1, 0.15) is 6.07 Å². The molecule has 0 unspecified atom stereocenters. The van der Waals surface area contributed by atoms with Gasteiger partial charge in [0, 0.05) is 37.7 Å². The predicted octanol–water partition coefficient (Wildman–Crippen LogP) is 2.74. The van der Waals surface area contributed by atoms with Crippen LogP contribution in [-0.2, 0) is 0 Å². The quantitative estimate of drug-likeness (QED) is 0.850. The lowest BCUT2D eigenvalue weighted by molar-refractivity contribution is 0.248. The standard InChI is InChI=1S/C15H18ClN3/c16-14-3-4-15(13(9-14)10-17)19-7-5-18(6-8-19)11-12-1-2-12/h3-4,9,12H,1-2,5-8,11H2. The van der Waals surface area contributed by atoms with Gasteiger partial charge in [0.25, 0.3) is 0 Å². The fraction of sp³-hybridized carbons (Fsp3) is 0.533. The number of anilines is 1. The number of hydrogen-bond donors (Lipinski definition) is 0. The molecule has 3 nitrogen and oxygen atoms in total. The van der Waals surface area contributed by atoms with Crippen LogP contribution in [0.5, 0.6) is 0 Å². The summed E-state index contributed by atoms with van der Waals surface area (Å²) in [6.45, 7) is 5.47. The maximum absolute atomic E-state index is 9.21. The highest BCUT2D eigenvalue weighted by Gasteiger charge is 2.26. The van der Waals surface area contributed by atoms with Gasteiger partial charge in [-0.25, -0.2) is 0 Å². The molecule has 0 bridgehead atoms. The number of piperazine rings is 1. The smallest absolute Gasteiger partial charge is 0.101 e. The van der Waals surface area contributed by atoms with Gasteiger partial charge in [0.2, 0.25) is 0 Å². The van der Waals surface area contributed by atoms with Crippen LogP contribution >= 0.6 is 11.6 Å². The van der Waals surface area contributed by atoms with Gasteiger partial charge in [-0.15, -0.1) is 0 Å². The number of nitriles is 1. The zero-order chi connectivity index (χ0) is 13.2. The summed E-state index contributed by atoms with van der Waals surface area (Å²) >= 11 is 5.94. The molecule has 1 saturated carbocycles. The molecule has 2 aliphatic rings. The van der Waals surface area contributed by atoms with Crippen LogP contribution in [0.1, 0.15) is 18.4 Å². The van der Waals surface area contributed by atoms with Crippen LogP contribution in [0.4, 0.5) is 5.69 Å². The lowest BCUT2D eigenvalue weighted by Gasteiger charge is -2.36. The van der Waals surface area contributed by atoms with Crippen LogP contribution in [0, 0.1) is 17.2 Å². The van der Waals surface area contributed by atoms with Gasteiger partial charge in [0.15, 0.2) is 0 Å². The van der Waals surface area contributed by atoms with Crippen molar-refractivity contribution in [3.8, 4) is 6.07 Å². The number of hydrogen-bond acceptors (Lipinski definition) is 3. The summed E-state index contributed by atoms with van der Waals surface area (Å²) in [5.74, 6) is 0.955. The molecule has 1 heterocycles. The van der Waals surface area contributed by atoms with Gasteiger partial charge < -0.3 is 4.90 Å². The minimum atomic E-state index is 0.632. The second kappa shape index (κ2) is 5.40. The molecule has 0 spiro atoms. The van der Waals surface area contributed by atoms with Crippen molar-refractivity contribution in [1.29, 1.82) is 5.26 Å².